The van der Waals surface area contributed by atoms with E-state index in [9.17, 15) is 0 Å². The molecule has 1 aliphatic rings. The van der Waals surface area contributed by atoms with Crippen LogP contribution in [0.25, 0.3) is 0 Å². The van der Waals surface area contributed by atoms with Crippen molar-refractivity contribution in [3.8, 4) is 0 Å². The van der Waals surface area contributed by atoms with Crippen LogP contribution in [0.3, 0.4) is 0 Å². The van der Waals surface area contributed by atoms with Crippen LogP contribution in [-0.4, -0.2) is 15.5 Å². The highest BCUT2D eigenvalue weighted by Gasteiger charge is 2.07. The second-order valence-corrected chi connectivity index (χ2v) is 4.79. The Morgan fingerprint density at radius 3 is 2.67 bits per heavy atom. The van der Waals surface area contributed by atoms with Gasteiger partial charge >= 0.3 is 0 Å². The average molecular weight is 101 g/mol. The summed E-state index contributed by atoms with van der Waals surface area (Å²) in [5.41, 5.74) is 0. The maximum absolute atomic E-state index is 3.46. The van der Waals surface area contributed by atoms with Gasteiger partial charge in [0.25, 0.3) is 0 Å². The molecule has 1 saturated heterocycles. The van der Waals surface area contributed by atoms with Crippen molar-refractivity contribution in [3.63, 3.8) is 0 Å². The summed E-state index contributed by atoms with van der Waals surface area (Å²) in [5, 5.41) is 0. The fourth-order valence-corrected chi connectivity index (χ4v) is 2.58. The highest BCUT2D eigenvalue weighted by atomic mass is 28.3. The van der Waals surface area contributed by atoms with Gasteiger partial charge in [-0.25, -0.2) is 0 Å². The maximum Gasteiger partial charge on any atom is 0.105 e. The molecule has 0 saturated carbocycles. The van der Waals surface area contributed by atoms with Crippen molar-refractivity contribution < 1.29 is 0 Å². The zero-order valence-corrected chi connectivity index (χ0v) is 5.35. The van der Waals surface area contributed by atoms with Crippen molar-refractivity contribution in [3.05, 3.63) is 0 Å². The van der Waals surface area contributed by atoms with Gasteiger partial charge in [0.15, 0.2) is 0 Å². The lowest BCUT2D eigenvalue weighted by Crippen LogP contribution is -2.21. The second-order valence-electron chi connectivity index (χ2n) is 2.00. The molecule has 1 atom stereocenters. The maximum atomic E-state index is 3.46. The van der Waals surface area contributed by atoms with Gasteiger partial charge in [-0.15, -0.1) is 0 Å². The van der Waals surface area contributed by atoms with Gasteiger partial charge in [-0.1, -0.05) is 6.55 Å². The largest absolute Gasteiger partial charge is 0.340 e. The molecule has 0 aliphatic carbocycles. The van der Waals surface area contributed by atoms with Crippen LogP contribution in [0.15, 0.2) is 0 Å². The smallest absolute Gasteiger partial charge is 0.105 e. The topological polar surface area (TPSA) is 12.0 Å². The van der Waals surface area contributed by atoms with E-state index >= 15 is 0 Å². The Kier molecular flexibility index (Phi) is 1.27. The van der Waals surface area contributed by atoms with Crippen LogP contribution in [0.2, 0.25) is 12.6 Å². The third kappa shape index (κ3) is 0.818. The van der Waals surface area contributed by atoms with Crippen molar-refractivity contribution in [1.82, 2.24) is 4.98 Å². The van der Waals surface area contributed by atoms with Gasteiger partial charge in [-0.05, 0) is 19.0 Å². The van der Waals surface area contributed by atoms with E-state index in [1.165, 1.54) is 19.0 Å². The summed E-state index contributed by atoms with van der Waals surface area (Å²) in [6, 6.07) is 1.51. The molecule has 1 fully saturated rings. The number of nitrogens with one attached hydrogen (secondary N) is 1. The van der Waals surface area contributed by atoms with Crippen LogP contribution in [0.4, 0.5) is 0 Å². The predicted octanol–water partition coefficient (Wildman–Crippen LogP) is 0.333. The number of hydrogen-bond donors (Lipinski definition) is 1. The normalized spacial score (nSPS) is 34.5. The monoisotopic (exact) mass is 101 g/mol. The lowest BCUT2D eigenvalue weighted by Gasteiger charge is -1.92. The first-order valence-corrected chi connectivity index (χ1v) is 5.18. The molecular weight excluding hydrogens is 90.1 g/mol. The fraction of sp³-hybridized carbons (Fsp3) is 1.00. The summed E-state index contributed by atoms with van der Waals surface area (Å²) < 4.78 is 0. The molecule has 0 aromatic rings. The van der Waals surface area contributed by atoms with Crippen LogP contribution in [0, 0.1) is 0 Å². The van der Waals surface area contributed by atoms with Crippen LogP contribution in [-0.2, 0) is 0 Å². The fourth-order valence-electron chi connectivity index (χ4n) is 0.859. The van der Waals surface area contributed by atoms with Crippen molar-refractivity contribution in [2.45, 2.75) is 19.0 Å². The SMILES string of the molecule is C[Si@H]1CCCN1. The molecule has 1 nitrogen and oxygen atoms in total. The third-order valence-electron chi connectivity index (χ3n) is 1.31. The predicted molar refractivity (Wildman–Crippen MR) is 30.4 cm³/mol. The van der Waals surface area contributed by atoms with E-state index in [1.54, 1.807) is 0 Å². The Morgan fingerprint density at radius 1 is 1.67 bits per heavy atom. The van der Waals surface area contributed by atoms with E-state index in [0.29, 0.717) is 0 Å². The summed E-state index contributed by atoms with van der Waals surface area (Å²) in [6.45, 7) is 3.67. The first-order valence-electron chi connectivity index (χ1n) is 2.63. The first-order chi connectivity index (χ1) is 2.89. The summed E-state index contributed by atoms with van der Waals surface area (Å²) in [4.78, 5) is 3.46. The molecule has 0 bridgehead atoms. The second kappa shape index (κ2) is 1.75. The molecule has 0 amide bonds. The van der Waals surface area contributed by atoms with Crippen molar-refractivity contribution in [2.24, 2.45) is 0 Å². The third-order valence-corrected chi connectivity index (χ3v) is 3.57. The Balaban J connectivity index is 2.18. The number of hydrogen-bond acceptors (Lipinski definition) is 1. The summed E-state index contributed by atoms with van der Waals surface area (Å²) >= 11 is 0. The molecule has 0 unspecified atom stereocenters. The Labute approximate surface area is 40.4 Å². The van der Waals surface area contributed by atoms with Gasteiger partial charge in [0.1, 0.15) is 8.96 Å². The van der Waals surface area contributed by atoms with Gasteiger partial charge in [0.05, 0.1) is 0 Å². The molecule has 1 N–H and O–H groups in total. The van der Waals surface area contributed by atoms with Gasteiger partial charge in [-0.2, -0.15) is 0 Å². The molecule has 0 aromatic carbocycles. The van der Waals surface area contributed by atoms with E-state index in [4.69, 9.17) is 0 Å². The summed E-state index contributed by atoms with van der Waals surface area (Å²) in [5.74, 6) is 0. The van der Waals surface area contributed by atoms with E-state index in [-0.39, 0.29) is 8.96 Å². The summed E-state index contributed by atoms with van der Waals surface area (Å²) in [6.07, 6.45) is 1.44. The van der Waals surface area contributed by atoms with Gasteiger partial charge < -0.3 is 4.98 Å². The lowest BCUT2D eigenvalue weighted by molar-refractivity contribution is 0.931. The molecule has 2 heteroatoms. The molecule has 6 heavy (non-hydrogen) atoms. The molecule has 1 aliphatic heterocycles. The van der Waals surface area contributed by atoms with Crippen LogP contribution in [0.1, 0.15) is 6.42 Å². The molecular formula is C4H11NSi. The van der Waals surface area contributed by atoms with Crippen LogP contribution in [0.5, 0.6) is 0 Å². The standard InChI is InChI=1S/C4H11NSi/c1-6-4-2-3-5-6/h5-6H,2-4H2,1H3/t6-/m0/s1. The Hall–Kier alpha value is 0.177. The van der Waals surface area contributed by atoms with Gasteiger partial charge in [0.2, 0.25) is 0 Å². The molecule has 36 valence electrons. The zero-order valence-electron chi connectivity index (χ0n) is 4.20. The zero-order chi connectivity index (χ0) is 4.41. The minimum Gasteiger partial charge on any atom is -0.340 e. The Morgan fingerprint density at radius 2 is 2.50 bits per heavy atom. The van der Waals surface area contributed by atoms with Crippen molar-refractivity contribution >= 4 is 8.96 Å². The first kappa shape index (κ1) is 4.34. The summed E-state index contributed by atoms with van der Waals surface area (Å²) in [7, 11) is -0.299. The van der Waals surface area contributed by atoms with Gasteiger partial charge in [-0.3, -0.25) is 0 Å². The highest BCUT2D eigenvalue weighted by Crippen LogP contribution is 1.99. The van der Waals surface area contributed by atoms with Crippen LogP contribution < -0.4 is 4.98 Å². The van der Waals surface area contributed by atoms with E-state index in [0.717, 1.165) is 0 Å². The van der Waals surface area contributed by atoms with Crippen molar-refractivity contribution in [2.75, 3.05) is 6.54 Å². The lowest BCUT2D eigenvalue weighted by atomic mass is 10.5. The Bertz CT molecular complexity index is 40.8. The molecule has 1 heterocycles. The molecule has 1 rings (SSSR count). The van der Waals surface area contributed by atoms with Gasteiger partial charge in [0, 0.05) is 0 Å². The minimum absolute atomic E-state index is 0.299. The van der Waals surface area contributed by atoms with E-state index in [2.05, 4.69) is 11.5 Å². The van der Waals surface area contributed by atoms with E-state index in [1.807, 2.05) is 0 Å². The highest BCUT2D eigenvalue weighted by molar-refractivity contribution is 6.55. The van der Waals surface area contributed by atoms with E-state index < -0.39 is 0 Å². The number of rotatable bonds is 0. The minimum atomic E-state index is -0.299. The quantitative estimate of drug-likeness (QED) is 0.434. The average Bonchev–Trinajstić information content (AvgIpc) is 1.86. The van der Waals surface area contributed by atoms with Crippen LogP contribution >= 0.6 is 0 Å². The molecule has 0 radical (unpaired) electrons. The molecule has 0 aromatic heterocycles. The van der Waals surface area contributed by atoms with Crippen molar-refractivity contribution in [1.29, 1.82) is 0 Å². The molecule has 0 spiro atoms.